The lowest BCUT2D eigenvalue weighted by molar-refractivity contribution is -0.274. The molecule has 0 bridgehead atoms. The van der Waals surface area contributed by atoms with E-state index >= 15 is 0 Å². The second-order valence-electron chi connectivity index (χ2n) is 4.09. The zero-order valence-corrected chi connectivity index (χ0v) is 11.9. The van der Waals surface area contributed by atoms with Gasteiger partial charge in [-0.15, -0.1) is 13.2 Å². The third-order valence-electron chi connectivity index (χ3n) is 2.59. The highest BCUT2D eigenvalue weighted by Gasteiger charge is 2.31. The standard InChI is InChI=1S/C14H9ClF3NO3/c1-21-13-10(15)6-7-11(19-13)12(20)8-2-4-9(5-3-8)22-14(16,17)18/h2-7H,1H3. The molecule has 0 N–H and O–H groups in total. The van der Waals surface area contributed by atoms with E-state index in [1.54, 1.807) is 0 Å². The molecule has 2 rings (SSSR count). The lowest BCUT2D eigenvalue weighted by atomic mass is 10.1. The fraction of sp³-hybridized carbons (Fsp3) is 0.143. The normalized spacial score (nSPS) is 11.1. The van der Waals surface area contributed by atoms with Gasteiger partial charge in [-0.05, 0) is 36.4 Å². The van der Waals surface area contributed by atoms with Crippen molar-refractivity contribution in [1.82, 2.24) is 4.98 Å². The van der Waals surface area contributed by atoms with E-state index in [4.69, 9.17) is 16.3 Å². The van der Waals surface area contributed by atoms with E-state index in [1.807, 2.05) is 0 Å². The van der Waals surface area contributed by atoms with Crippen LogP contribution in [0, 0.1) is 0 Å². The summed E-state index contributed by atoms with van der Waals surface area (Å²) < 4.78 is 44.8. The quantitative estimate of drug-likeness (QED) is 0.798. The minimum absolute atomic E-state index is 0.0609. The average molecular weight is 332 g/mol. The zero-order valence-electron chi connectivity index (χ0n) is 11.1. The van der Waals surface area contributed by atoms with E-state index in [0.29, 0.717) is 0 Å². The SMILES string of the molecule is COc1nc(C(=O)c2ccc(OC(F)(F)F)cc2)ccc1Cl. The van der Waals surface area contributed by atoms with Crippen LogP contribution in [0.5, 0.6) is 11.6 Å². The lowest BCUT2D eigenvalue weighted by Gasteiger charge is -2.09. The summed E-state index contributed by atoms with van der Waals surface area (Å²) in [6.45, 7) is 0. The van der Waals surface area contributed by atoms with Crippen LogP contribution >= 0.6 is 11.6 Å². The number of aromatic nitrogens is 1. The molecule has 0 amide bonds. The molecule has 0 radical (unpaired) electrons. The third kappa shape index (κ3) is 3.88. The third-order valence-corrected chi connectivity index (χ3v) is 2.88. The Bertz CT molecular complexity index is 687. The molecule has 0 aliphatic heterocycles. The van der Waals surface area contributed by atoms with Crippen LogP contribution in [0.15, 0.2) is 36.4 Å². The van der Waals surface area contributed by atoms with Crippen molar-refractivity contribution in [2.75, 3.05) is 7.11 Å². The Kier molecular flexibility index (Phi) is 4.56. The van der Waals surface area contributed by atoms with Gasteiger partial charge >= 0.3 is 6.36 Å². The molecule has 0 saturated carbocycles. The molecule has 0 unspecified atom stereocenters. The van der Waals surface area contributed by atoms with Crippen LogP contribution in [-0.2, 0) is 0 Å². The highest BCUT2D eigenvalue weighted by molar-refractivity contribution is 6.31. The first-order valence-corrected chi connectivity index (χ1v) is 6.29. The summed E-state index contributed by atoms with van der Waals surface area (Å²) in [6, 6.07) is 7.37. The van der Waals surface area contributed by atoms with E-state index in [0.717, 1.165) is 12.1 Å². The zero-order chi connectivity index (χ0) is 16.3. The van der Waals surface area contributed by atoms with Crippen LogP contribution in [-0.4, -0.2) is 24.2 Å². The molecule has 0 saturated heterocycles. The highest BCUT2D eigenvalue weighted by atomic mass is 35.5. The highest BCUT2D eigenvalue weighted by Crippen LogP contribution is 2.25. The number of methoxy groups -OCH3 is 1. The van der Waals surface area contributed by atoms with Crippen molar-refractivity contribution in [1.29, 1.82) is 0 Å². The summed E-state index contributed by atoms with van der Waals surface area (Å²) in [5.41, 5.74) is 0.220. The lowest BCUT2D eigenvalue weighted by Crippen LogP contribution is -2.17. The Labute approximate surface area is 128 Å². The number of hydrogen-bond acceptors (Lipinski definition) is 4. The van der Waals surface area contributed by atoms with Gasteiger partial charge in [-0.1, -0.05) is 11.6 Å². The van der Waals surface area contributed by atoms with Crippen LogP contribution in [0.25, 0.3) is 0 Å². The molecule has 1 heterocycles. The van der Waals surface area contributed by atoms with Gasteiger partial charge in [0.05, 0.1) is 7.11 Å². The van der Waals surface area contributed by atoms with E-state index in [9.17, 15) is 18.0 Å². The van der Waals surface area contributed by atoms with Crippen LogP contribution < -0.4 is 9.47 Å². The van der Waals surface area contributed by atoms with Crippen molar-refractivity contribution in [2.45, 2.75) is 6.36 Å². The predicted octanol–water partition coefficient (Wildman–Crippen LogP) is 3.87. The number of rotatable bonds is 4. The van der Waals surface area contributed by atoms with Gasteiger partial charge in [0, 0.05) is 5.56 Å². The van der Waals surface area contributed by atoms with Gasteiger partial charge < -0.3 is 9.47 Å². The van der Waals surface area contributed by atoms with Gasteiger partial charge in [-0.25, -0.2) is 4.98 Å². The molecule has 8 heteroatoms. The van der Waals surface area contributed by atoms with Crippen LogP contribution in [0.1, 0.15) is 16.1 Å². The monoisotopic (exact) mass is 331 g/mol. The number of ether oxygens (including phenoxy) is 2. The van der Waals surface area contributed by atoms with Gasteiger partial charge in [0.15, 0.2) is 0 Å². The summed E-state index contributed by atoms with van der Waals surface area (Å²) in [7, 11) is 1.35. The number of benzene rings is 1. The number of halogens is 4. The maximum atomic E-state index is 12.2. The number of carbonyl (C=O) groups excluding carboxylic acids is 1. The van der Waals surface area contributed by atoms with Gasteiger partial charge in [0.1, 0.15) is 16.5 Å². The Morgan fingerprint density at radius 3 is 2.32 bits per heavy atom. The number of alkyl halides is 3. The summed E-state index contributed by atoms with van der Waals surface area (Å²) in [5.74, 6) is -0.802. The first-order chi connectivity index (χ1) is 10.3. The molecule has 2 aromatic rings. The molecule has 0 aliphatic rings. The van der Waals surface area contributed by atoms with Gasteiger partial charge in [0.2, 0.25) is 11.7 Å². The van der Waals surface area contributed by atoms with Gasteiger partial charge in [-0.2, -0.15) is 0 Å². The Hall–Kier alpha value is -2.28. The minimum Gasteiger partial charge on any atom is -0.480 e. The smallest absolute Gasteiger partial charge is 0.480 e. The van der Waals surface area contributed by atoms with Gasteiger partial charge in [0.25, 0.3) is 0 Å². The molecule has 0 spiro atoms. The summed E-state index contributed by atoms with van der Waals surface area (Å²) in [4.78, 5) is 16.1. The number of hydrogen-bond donors (Lipinski definition) is 0. The number of ketones is 1. The van der Waals surface area contributed by atoms with Gasteiger partial charge in [-0.3, -0.25) is 4.79 Å². The number of pyridine rings is 1. The van der Waals surface area contributed by atoms with E-state index in [1.165, 1.54) is 31.4 Å². The topological polar surface area (TPSA) is 48.4 Å². The predicted molar refractivity (Wildman–Crippen MR) is 72.4 cm³/mol. The molecule has 116 valence electrons. The fourth-order valence-electron chi connectivity index (χ4n) is 1.65. The molecule has 0 fully saturated rings. The molecular formula is C14H9ClF3NO3. The molecule has 0 aliphatic carbocycles. The van der Waals surface area contributed by atoms with Crippen molar-refractivity contribution in [3.05, 3.63) is 52.7 Å². The summed E-state index contributed by atoms with van der Waals surface area (Å²) >= 11 is 5.81. The maximum Gasteiger partial charge on any atom is 0.573 e. The van der Waals surface area contributed by atoms with Crippen LogP contribution in [0.4, 0.5) is 13.2 Å². The molecular weight excluding hydrogens is 323 g/mol. The van der Waals surface area contributed by atoms with E-state index in [-0.39, 0.29) is 22.2 Å². The maximum absolute atomic E-state index is 12.2. The van der Waals surface area contributed by atoms with Crippen molar-refractivity contribution >= 4 is 17.4 Å². The molecule has 22 heavy (non-hydrogen) atoms. The van der Waals surface area contributed by atoms with Crippen LogP contribution in [0.2, 0.25) is 5.02 Å². The minimum atomic E-state index is -4.78. The fourth-order valence-corrected chi connectivity index (χ4v) is 1.83. The van der Waals surface area contributed by atoms with E-state index < -0.39 is 17.9 Å². The largest absolute Gasteiger partial charge is 0.573 e. The summed E-state index contributed by atoms with van der Waals surface area (Å²) in [6.07, 6.45) is -4.78. The second-order valence-corrected chi connectivity index (χ2v) is 4.50. The second kappa shape index (κ2) is 6.23. The van der Waals surface area contributed by atoms with Crippen molar-refractivity contribution < 1.29 is 27.4 Å². The van der Waals surface area contributed by atoms with Crippen molar-refractivity contribution in [3.8, 4) is 11.6 Å². The number of carbonyl (C=O) groups is 1. The van der Waals surface area contributed by atoms with Crippen molar-refractivity contribution in [2.24, 2.45) is 0 Å². The Morgan fingerprint density at radius 2 is 1.77 bits per heavy atom. The molecule has 1 aromatic carbocycles. The Morgan fingerprint density at radius 1 is 1.14 bits per heavy atom. The van der Waals surface area contributed by atoms with Crippen molar-refractivity contribution in [3.63, 3.8) is 0 Å². The first-order valence-electron chi connectivity index (χ1n) is 5.91. The first kappa shape index (κ1) is 16.1. The summed E-state index contributed by atoms with van der Waals surface area (Å²) in [5, 5.41) is 0.243. The van der Waals surface area contributed by atoms with Crippen LogP contribution in [0.3, 0.4) is 0 Å². The average Bonchev–Trinajstić information content (AvgIpc) is 2.46. The molecule has 1 aromatic heterocycles. The van der Waals surface area contributed by atoms with E-state index in [2.05, 4.69) is 9.72 Å². The molecule has 0 atom stereocenters. The Balaban J connectivity index is 2.23. The number of nitrogens with zero attached hydrogens (tertiary/aromatic N) is 1. The molecule has 4 nitrogen and oxygen atoms in total.